The summed E-state index contributed by atoms with van der Waals surface area (Å²) in [5, 5.41) is 2.58. The van der Waals surface area contributed by atoms with Gasteiger partial charge in [-0.05, 0) is 19.1 Å². The molecule has 0 unspecified atom stereocenters. The van der Waals surface area contributed by atoms with E-state index in [4.69, 9.17) is 9.47 Å². The number of para-hydroxylation sites is 2. The van der Waals surface area contributed by atoms with Crippen molar-refractivity contribution in [3.8, 4) is 5.75 Å². The summed E-state index contributed by atoms with van der Waals surface area (Å²) in [5.74, 6) is 0.289. The van der Waals surface area contributed by atoms with Crippen molar-refractivity contribution in [2.75, 3.05) is 44.7 Å². The van der Waals surface area contributed by atoms with E-state index in [0.29, 0.717) is 24.6 Å². The van der Waals surface area contributed by atoms with Crippen LogP contribution >= 0.6 is 0 Å². The minimum atomic E-state index is -0.697. The van der Waals surface area contributed by atoms with Crippen LogP contribution in [0.1, 0.15) is 6.92 Å². The van der Waals surface area contributed by atoms with E-state index < -0.39 is 6.10 Å². The van der Waals surface area contributed by atoms with Crippen LogP contribution < -0.4 is 15.0 Å². The minimum absolute atomic E-state index is 0.0336. The number of nitrogens with one attached hydrogen (secondary N) is 1. The molecule has 1 saturated heterocycles. The molecule has 130 valence electrons. The quantitative estimate of drug-likeness (QED) is 0.858. The number of hydrogen-bond donors (Lipinski definition) is 1. The number of carbonyl (C=O) groups is 2. The van der Waals surface area contributed by atoms with E-state index in [1.54, 1.807) is 18.0 Å². The van der Waals surface area contributed by atoms with Gasteiger partial charge in [0.2, 0.25) is 5.91 Å². The Morgan fingerprint density at radius 1 is 1.29 bits per heavy atom. The summed E-state index contributed by atoms with van der Waals surface area (Å²) >= 11 is 0. The van der Waals surface area contributed by atoms with Gasteiger partial charge in [-0.2, -0.15) is 0 Å². The molecule has 3 rings (SSSR count). The second kappa shape index (κ2) is 7.19. The van der Waals surface area contributed by atoms with Gasteiger partial charge >= 0.3 is 0 Å². The fourth-order valence-corrected chi connectivity index (χ4v) is 3.08. The van der Waals surface area contributed by atoms with Crippen LogP contribution in [0.5, 0.6) is 5.75 Å². The maximum absolute atomic E-state index is 12.8. The first kappa shape index (κ1) is 16.7. The van der Waals surface area contributed by atoms with E-state index in [2.05, 4.69) is 10.2 Å². The number of anilines is 1. The van der Waals surface area contributed by atoms with Crippen molar-refractivity contribution < 1.29 is 19.1 Å². The highest BCUT2D eigenvalue weighted by Crippen LogP contribution is 2.33. The highest BCUT2D eigenvalue weighted by molar-refractivity contribution is 5.98. The van der Waals surface area contributed by atoms with Crippen LogP contribution in [0.3, 0.4) is 0 Å². The monoisotopic (exact) mass is 333 g/mol. The van der Waals surface area contributed by atoms with Gasteiger partial charge in [0.15, 0.2) is 6.10 Å². The van der Waals surface area contributed by atoms with E-state index in [9.17, 15) is 9.59 Å². The number of hydrogen-bond acceptors (Lipinski definition) is 5. The summed E-state index contributed by atoms with van der Waals surface area (Å²) in [6.45, 7) is 4.63. The predicted octanol–water partition coefficient (Wildman–Crippen LogP) is 0.247. The molecule has 7 nitrogen and oxygen atoms in total. The molecular formula is C17H23N3O4. The molecule has 2 atom stereocenters. The molecular weight excluding hydrogens is 310 g/mol. The SMILES string of the molecule is CNC(=O)[C@H]1CN(C(=O)CN2CCO[C@H](C)C2)c2ccccc2O1. The lowest BCUT2D eigenvalue weighted by Crippen LogP contribution is -2.53. The summed E-state index contributed by atoms with van der Waals surface area (Å²) < 4.78 is 11.2. The van der Waals surface area contributed by atoms with Gasteiger partial charge in [0.05, 0.1) is 31.5 Å². The second-order valence-corrected chi connectivity index (χ2v) is 6.11. The van der Waals surface area contributed by atoms with Crippen molar-refractivity contribution in [3.05, 3.63) is 24.3 Å². The van der Waals surface area contributed by atoms with Crippen LogP contribution in [0.15, 0.2) is 24.3 Å². The number of morpholine rings is 1. The number of fused-ring (bicyclic) bond motifs is 1. The Kier molecular flexibility index (Phi) is 5.01. The van der Waals surface area contributed by atoms with Crippen LogP contribution in [-0.4, -0.2) is 68.8 Å². The number of amides is 2. The smallest absolute Gasteiger partial charge is 0.262 e. The van der Waals surface area contributed by atoms with Crippen LogP contribution in [0.25, 0.3) is 0 Å². The number of nitrogens with zero attached hydrogens (tertiary/aromatic N) is 2. The van der Waals surface area contributed by atoms with Crippen molar-refractivity contribution in [1.29, 1.82) is 0 Å². The van der Waals surface area contributed by atoms with Crippen molar-refractivity contribution in [2.24, 2.45) is 0 Å². The van der Waals surface area contributed by atoms with E-state index in [1.807, 2.05) is 25.1 Å². The number of rotatable bonds is 3. The van der Waals surface area contributed by atoms with Gasteiger partial charge in [0, 0.05) is 20.1 Å². The molecule has 0 aromatic heterocycles. The predicted molar refractivity (Wildman–Crippen MR) is 89.1 cm³/mol. The van der Waals surface area contributed by atoms with E-state index in [0.717, 1.165) is 13.1 Å². The Morgan fingerprint density at radius 3 is 2.83 bits per heavy atom. The van der Waals surface area contributed by atoms with Gasteiger partial charge in [-0.25, -0.2) is 0 Å². The molecule has 1 N–H and O–H groups in total. The van der Waals surface area contributed by atoms with Gasteiger partial charge in [-0.3, -0.25) is 14.5 Å². The lowest BCUT2D eigenvalue weighted by Gasteiger charge is -2.36. The fraction of sp³-hybridized carbons (Fsp3) is 0.529. The zero-order valence-corrected chi connectivity index (χ0v) is 14.0. The third-order valence-corrected chi connectivity index (χ3v) is 4.30. The molecule has 2 aliphatic heterocycles. The van der Waals surface area contributed by atoms with Crippen LogP contribution in [0.2, 0.25) is 0 Å². The van der Waals surface area contributed by atoms with E-state index in [-0.39, 0.29) is 24.5 Å². The first-order chi connectivity index (χ1) is 11.6. The van der Waals surface area contributed by atoms with Crippen LogP contribution in [0, 0.1) is 0 Å². The van der Waals surface area contributed by atoms with E-state index >= 15 is 0 Å². The number of ether oxygens (including phenoxy) is 2. The maximum atomic E-state index is 12.8. The average molecular weight is 333 g/mol. The molecule has 0 radical (unpaired) electrons. The highest BCUT2D eigenvalue weighted by Gasteiger charge is 2.34. The molecule has 2 heterocycles. The molecule has 1 aromatic carbocycles. The number of benzene rings is 1. The Labute approximate surface area is 141 Å². The van der Waals surface area contributed by atoms with Gasteiger partial charge < -0.3 is 19.7 Å². The molecule has 7 heteroatoms. The third kappa shape index (κ3) is 3.52. The van der Waals surface area contributed by atoms with Crippen LogP contribution in [0.4, 0.5) is 5.69 Å². The zero-order valence-electron chi connectivity index (χ0n) is 14.0. The highest BCUT2D eigenvalue weighted by atomic mass is 16.5. The van der Waals surface area contributed by atoms with Gasteiger partial charge in [0.1, 0.15) is 5.75 Å². The molecule has 0 bridgehead atoms. The molecule has 1 aromatic rings. The van der Waals surface area contributed by atoms with Crippen molar-refractivity contribution in [1.82, 2.24) is 10.2 Å². The van der Waals surface area contributed by atoms with Gasteiger partial charge in [-0.15, -0.1) is 0 Å². The third-order valence-electron chi connectivity index (χ3n) is 4.30. The van der Waals surface area contributed by atoms with Gasteiger partial charge in [-0.1, -0.05) is 12.1 Å². The summed E-state index contributed by atoms with van der Waals surface area (Å²) in [7, 11) is 1.56. The van der Waals surface area contributed by atoms with Crippen molar-refractivity contribution in [3.63, 3.8) is 0 Å². The summed E-state index contributed by atoms with van der Waals surface area (Å²) in [6, 6.07) is 7.31. The topological polar surface area (TPSA) is 71.1 Å². The van der Waals surface area contributed by atoms with Crippen LogP contribution in [-0.2, 0) is 14.3 Å². The zero-order chi connectivity index (χ0) is 17.1. The molecule has 2 amide bonds. The molecule has 24 heavy (non-hydrogen) atoms. The van der Waals surface area contributed by atoms with E-state index in [1.165, 1.54) is 0 Å². The number of likely N-dealkylation sites (N-methyl/N-ethyl adjacent to an activating group) is 1. The minimum Gasteiger partial charge on any atom is -0.477 e. The molecule has 0 saturated carbocycles. The molecule has 1 fully saturated rings. The first-order valence-electron chi connectivity index (χ1n) is 8.20. The normalized spacial score (nSPS) is 24.0. The Morgan fingerprint density at radius 2 is 2.08 bits per heavy atom. The summed E-state index contributed by atoms with van der Waals surface area (Å²) in [5.41, 5.74) is 0.712. The Balaban J connectivity index is 1.77. The van der Waals surface area contributed by atoms with Gasteiger partial charge in [0.25, 0.3) is 5.91 Å². The second-order valence-electron chi connectivity index (χ2n) is 6.11. The average Bonchev–Trinajstić information content (AvgIpc) is 2.60. The maximum Gasteiger partial charge on any atom is 0.262 e. The fourth-order valence-electron chi connectivity index (χ4n) is 3.08. The largest absolute Gasteiger partial charge is 0.477 e. The molecule has 0 aliphatic carbocycles. The molecule has 2 aliphatic rings. The first-order valence-corrected chi connectivity index (χ1v) is 8.20. The lowest BCUT2D eigenvalue weighted by atomic mass is 10.1. The molecule has 0 spiro atoms. The lowest BCUT2D eigenvalue weighted by molar-refractivity contribution is -0.128. The Bertz CT molecular complexity index is 622. The number of carbonyl (C=O) groups excluding carboxylic acids is 2. The summed E-state index contributed by atoms with van der Waals surface area (Å²) in [4.78, 5) is 28.6. The Hall–Kier alpha value is -2.12. The van der Waals surface area contributed by atoms with Crippen molar-refractivity contribution in [2.45, 2.75) is 19.1 Å². The standard InChI is InChI=1S/C17H23N3O4/c1-12-9-19(7-8-23-12)11-16(21)20-10-15(17(22)18-2)24-14-6-4-3-5-13(14)20/h3-6,12,15H,7-11H2,1-2H3,(H,18,22)/t12-,15-/m1/s1. The van der Waals surface area contributed by atoms with Crippen molar-refractivity contribution >= 4 is 17.5 Å². The summed E-state index contributed by atoms with van der Waals surface area (Å²) in [6.07, 6.45) is -0.570.